The highest BCUT2D eigenvalue weighted by atomic mass is 19.1. The van der Waals surface area contributed by atoms with Gasteiger partial charge < -0.3 is 0 Å². The maximum absolute atomic E-state index is 13.3. The van der Waals surface area contributed by atoms with Gasteiger partial charge in [0.2, 0.25) is 0 Å². The van der Waals surface area contributed by atoms with E-state index in [1.54, 1.807) is 6.20 Å². The minimum atomic E-state index is -0.356. The van der Waals surface area contributed by atoms with Crippen LogP contribution in [0.5, 0.6) is 0 Å². The van der Waals surface area contributed by atoms with Crippen molar-refractivity contribution in [1.29, 1.82) is 0 Å². The van der Waals surface area contributed by atoms with Crippen LogP contribution in [-0.2, 0) is 6.42 Å². The van der Waals surface area contributed by atoms with E-state index in [1.165, 1.54) is 28.6 Å². The minimum absolute atomic E-state index is 0.181. The number of nitrogens with zero attached hydrogens (tertiary/aromatic N) is 1. The Morgan fingerprint density at radius 3 is 2.71 bits per heavy atom. The molecule has 0 saturated carbocycles. The molecule has 3 N–H and O–H groups in total. The smallest absolute Gasteiger partial charge is 0.141 e. The molecule has 1 unspecified atom stereocenters. The monoisotopic (exact) mass is 281 g/mol. The lowest BCUT2D eigenvalue weighted by Gasteiger charge is -2.17. The lowest BCUT2D eigenvalue weighted by atomic mass is 9.96. The third-order valence-corrected chi connectivity index (χ3v) is 3.63. The molecule has 4 heteroatoms. The Labute approximate surface area is 122 Å². The van der Waals surface area contributed by atoms with Gasteiger partial charge >= 0.3 is 0 Å². The topological polar surface area (TPSA) is 50.9 Å². The molecule has 0 radical (unpaired) electrons. The summed E-state index contributed by atoms with van der Waals surface area (Å²) >= 11 is 0. The standard InChI is InChI=1S/C17H16FN3/c18-15-8-14(10-20-11-15)17(21-19)9-13-6-3-5-12-4-1-2-7-16(12)13/h1-8,10-11,17,21H,9,19H2. The van der Waals surface area contributed by atoms with Crippen molar-refractivity contribution < 1.29 is 4.39 Å². The van der Waals surface area contributed by atoms with E-state index in [2.05, 4.69) is 34.7 Å². The Morgan fingerprint density at radius 1 is 1.10 bits per heavy atom. The molecule has 0 aliphatic carbocycles. The zero-order chi connectivity index (χ0) is 14.7. The molecule has 2 aromatic carbocycles. The Bertz CT molecular complexity index is 752. The van der Waals surface area contributed by atoms with Crippen molar-refractivity contribution in [2.24, 2.45) is 5.84 Å². The predicted octanol–water partition coefficient (Wildman–Crippen LogP) is 3.12. The van der Waals surface area contributed by atoms with Crippen LogP contribution in [0.3, 0.4) is 0 Å². The van der Waals surface area contributed by atoms with Crippen molar-refractivity contribution in [3.8, 4) is 0 Å². The summed E-state index contributed by atoms with van der Waals surface area (Å²) in [5.41, 5.74) is 4.66. The third-order valence-electron chi connectivity index (χ3n) is 3.63. The van der Waals surface area contributed by atoms with Crippen LogP contribution in [0.2, 0.25) is 0 Å². The van der Waals surface area contributed by atoms with Crippen LogP contribution >= 0.6 is 0 Å². The van der Waals surface area contributed by atoms with E-state index < -0.39 is 0 Å². The van der Waals surface area contributed by atoms with E-state index in [4.69, 9.17) is 5.84 Å². The van der Waals surface area contributed by atoms with Crippen LogP contribution in [0.1, 0.15) is 17.2 Å². The van der Waals surface area contributed by atoms with Crippen molar-refractivity contribution in [1.82, 2.24) is 10.4 Å². The molecule has 0 amide bonds. The largest absolute Gasteiger partial charge is 0.271 e. The number of halogens is 1. The van der Waals surface area contributed by atoms with E-state index in [1.807, 2.05) is 18.2 Å². The number of aromatic nitrogens is 1. The summed E-state index contributed by atoms with van der Waals surface area (Å²) in [5.74, 6) is 5.29. The lowest BCUT2D eigenvalue weighted by Crippen LogP contribution is -2.29. The number of rotatable bonds is 4. The molecule has 1 aromatic heterocycles. The highest BCUT2D eigenvalue weighted by Gasteiger charge is 2.13. The number of hydrogen-bond acceptors (Lipinski definition) is 3. The summed E-state index contributed by atoms with van der Waals surface area (Å²) < 4.78 is 13.3. The second-order valence-electron chi connectivity index (χ2n) is 5.00. The molecule has 0 bridgehead atoms. The fraction of sp³-hybridized carbons (Fsp3) is 0.118. The first kappa shape index (κ1) is 13.7. The first-order valence-corrected chi connectivity index (χ1v) is 6.81. The van der Waals surface area contributed by atoms with Crippen LogP contribution in [0.15, 0.2) is 60.9 Å². The van der Waals surface area contributed by atoms with Gasteiger partial charge in [0, 0.05) is 6.20 Å². The highest BCUT2D eigenvalue weighted by Crippen LogP contribution is 2.24. The Hall–Kier alpha value is -2.30. The summed E-state index contributed by atoms with van der Waals surface area (Å²) in [5, 5.41) is 2.37. The van der Waals surface area contributed by atoms with Gasteiger partial charge in [-0.05, 0) is 34.4 Å². The van der Waals surface area contributed by atoms with Gasteiger partial charge in [-0.3, -0.25) is 16.3 Å². The first-order valence-electron chi connectivity index (χ1n) is 6.81. The molecule has 0 spiro atoms. The van der Waals surface area contributed by atoms with Gasteiger partial charge in [0.1, 0.15) is 5.82 Å². The van der Waals surface area contributed by atoms with Gasteiger partial charge in [-0.15, -0.1) is 0 Å². The molecule has 0 fully saturated rings. The van der Waals surface area contributed by atoms with E-state index in [0.717, 1.165) is 5.56 Å². The summed E-state index contributed by atoms with van der Waals surface area (Å²) in [7, 11) is 0. The molecule has 0 aliphatic heterocycles. The van der Waals surface area contributed by atoms with Gasteiger partial charge in [-0.1, -0.05) is 42.5 Å². The Morgan fingerprint density at radius 2 is 1.90 bits per heavy atom. The molecule has 106 valence electrons. The number of nitrogens with two attached hydrogens (primary N) is 1. The zero-order valence-corrected chi connectivity index (χ0v) is 11.5. The van der Waals surface area contributed by atoms with Gasteiger partial charge in [0.15, 0.2) is 0 Å². The highest BCUT2D eigenvalue weighted by molar-refractivity contribution is 5.85. The minimum Gasteiger partial charge on any atom is -0.271 e. The molecule has 0 aliphatic rings. The molecule has 1 atom stereocenters. The van der Waals surface area contributed by atoms with Crippen molar-refractivity contribution in [3.63, 3.8) is 0 Å². The summed E-state index contributed by atoms with van der Waals surface area (Å²) in [6, 6.07) is 15.6. The SMILES string of the molecule is NNC(Cc1cccc2ccccc12)c1cncc(F)c1. The Balaban J connectivity index is 1.96. The van der Waals surface area contributed by atoms with Crippen LogP contribution < -0.4 is 11.3 Å². The van der Waals surface area contributed by atoms with Crippen molar-refractivity contribution in [2.75, 3.05) is 0 Å². The molecular formula is C17H16FN3. The summed E-state index contributed by atoms with van der Waals surface area (Å²) in [4.78, 5) is 3.89. The maximum Gasteiger partial charge on any atom is 0.141 e. The second-order valence-corrected chi connectivity index (χ2v) is 5.00. The van der Waals surface area contributed by atoms with Crippen LogP contribution in [0, 0.1) is 5.82 Å². The van der Waals surface area contributed by atoms with Crippen LogP contribution in [0.25, 0.3) is 10.8 Å². The Kier molecular flexibility index (Phi) is 3.90. The molecule has 3 rings (SSSR count). The van der Waals surface area contributed by atoms with E-state index in [0.29, 0.717) is 6.42 Å². The number of benzene rings is 2. The van der Waals surface area contributed by atoms with Crippen LogP contribution in [-0.4, -0.2) is 4.98 Å². The molecule has 3 aromatic rings. The van der Waals surface area contributed by atoms with Gasteiger partial charge in [0.25, 0.3) is 0 Å². The predicted molar refractivity (Wildman–Crippen MR) is 81.9 cm³/mol. The fourth-order valence-corrected chi connectivity index (χ4v) is 2.58. The molecule has 3 nitrogen and oxygen atoms in total. The number of nitrogens with one attached hydrogen (secondary N) is 1. The number of hydrogen-bond donors (Lipinski definition) is 2. The quantitative estimate of drug-likeness (QED) is 0.570. The number of fused-ring (bicyclic) bond motifs is 1. The third kappa shape index (κ3) is 2.91. The number of pyridine rings is 1. The van der Waals surface area contributed by atoms with E-state index in [9.17, 15) is 4.39 Å². The fourth-order valence-electron chi connectivity index (χ4n) is 2.58. The number of hydrazine groups is 1. The summed E-state index contributed by atoms with van der Waals surface area (Å²) in [6.45, 7) is 0. The van der Waals surface area contributed by atoms with Gasteiger partial charge in [-0.25, -0.2) is 4.39 Å². The average Bonchev–Trinajstić information content (AvgIpc) is 2.52. The van der Waals surface area contributed by atoms with E-state index in [-0.39, 0.29) is 11.9 Å². The zero-order valence-electron chi connectivity index (χ0n) is 11.5. The van der Waals surface area contributed by atoms with Crippen molar-refractivity contribution in [2.45, 2.75) is 12.5 Å². The molecule has 21 heavy (non-hydrogen) atoms. The van der Waals surface area contributed by atoms with Gasteiger partial charge in [0.05, 0.1) is 12.2 Å². The second kappa shape index (κ2) is 5.99. The van der Waals surface area contributed by atoms with Crippen molar-refractivity contribution >= 4 is 10.8 Å². The first-order chi connectivity index (χ1) is 10.3. The summed E-state index contributed by atoms with van der Waals surface area (Å²) in [6.07, 6.45) is 3.50. The molecular weight excluding hydrogens is 265 g/mol. The van der Waals surface area contributed by atoms with Gasteiger partial charge in [-0.2, -0.15) is 0 Å². The van der Waals surface area contributed by atoms with Crippen LogP contribution in [0.4, 0.5) is 4.39 Å². The maximum atomic E-state index is 13.3. The lowest BCUT2D eigenvalue weighted by molar-refractivity contribution is 0.542. The average molecular weight is 281 g/mol. The normalized spacial score (nSPS) is 12.5. The van der Waals surface area contributed by atoms with Crippen molar-refractivity contribution in [3.05, 3.63) is 77.9 Å². The van der Waals surface area contributed by atoms with E-state index >= 15 is 0 Å². The molecule has 1 heterocycles. The molecule has 0 saturated heterocycles.